The molecular weight excluding hydrogens is 222 g/mol. The first-order valence-electron chi connectivity index (χ1n) is 5.00. The van der Waals surface area contributed by atoms with Crippen LogP contribution in [0.25, 0.3) is 0 Å². The van der Waals surface area contributed by atoms with E-state index in [2.05, 4.69) is 5.32 Å². The number of rotatable bonds is 9. The van der Waals surface area contributed by atoms with E-state index in [9.17, 15) is 8.42 Å². The van der Waals surface area contributed by atoms with Crippen LogP contribution in [0.15, 0.2) is 0 Å². The van der Waals surface area contributed by atoms with E-state index < -0.39 is 9.84 Å². The number of sulfone groups is 1. The number of halogens is 1. The summed E-state index contributed by atoms with van der Waals surface area (Å²) in [7, 11) is -2.81. The van der Waals surface area contributed by atoms with Crippen LogP contribution < -0.4 is 5.32 Å². The fourth-order valence-electron chi connectivity index (χ4n) is 1.08. The second kappa shape index (κ2) is 8.50. The lowest BCUT2D eigenvalue weighted by Crippen LogP contribution is -2.23. The van der Waals surface area contributed by atoms with Crippen LogP contribution in [0, 0.1) is 0 Å². The predicted molar refractivity (Wildman–Crippen MR) is 61.8 cm³/mol. The molecule has 5 heteroatoms. The van der Waals surface area contributed by atoms with Gasteiger partial charge in [0.05, 0.1) is 5.75 Å². The van der Waals surface area contributed by atoms with Crippen LogP contribution in [-0.2, 0) is 9.84 Å². The molecule has 0 aliphatic rings. The third-order valence-corrected chi connectivity index (χ3v) is 3.10. The normalized spacial score (nSPS) is 11.9. The molecule has 0 spiro atoms. The van der Waals surface area contributed by atoms with E-state index in [1.807, 2.05) is 0 Å². The van der Waals surface area contributed by atoms with E-state index in [0.717, 1.165) is 31.7 Å². The summed E-state index contributed by atoms with van der Waals surface area (Å²) in [4.78, 5) is 0. The fraction of sp³-hybridized carbons (Fsp3) is 1.00. The highest BCUT2D eigenvalue weighted by molar-refractivity contribution is 7.90. The summed E-state index contributed by atoms with van der Waals surface area (Å²) in [6.07, 6.45) is 5.76. The van der Waals surface area contributed by atoms with Crippen LogP contribution in [0.1, 0.15) is 25.7 Å². The monoisotopic (exact) mass is 241 g/mol. The minimum atomic E-state index is -2.81. The van der Waals surface area contributed by atoms with Gasteiger partial charge in [-0.2, -0.15) is 0 Å². The molecule has 0 amide bonds. The molecular formula is C9H20ClNO2S. The molecule has 0 saturated carbocycles. The first-order valence-corrected chi connectivity index (χ1v) is 7.60. The zero-order chi connectivity index (χ0) is 10.9. The van der Waals surface area contributed by atoms with Crippen LogP contribution in [-0.4, -0.2) is 39.4 Å². The molecule has 0 aromatic rings. The summed E-state index contributed by atoms with van der Waals surface area (Å²) < 4.78 is 21.5. The first kappa shape index (κ1) is 14.2. The van der Waals surface area contributed by atoms with Crippen molar-refractivity contribution >= 4 is 21.4 Å². The summed E-state index contributed by atoms with van der Waals surface area (Å²) in [6, 6.07) is 0. The van der Waals surface area contributed by atoms with Gasteiger partial charge >= 0.3 is 0 Å². The Morgan fingerprint density at radius 1 is 1.07 bits per heavy atom. The molecule has 14 heavy (non-hydrogen) atoms. The van der Waals surface area contributed by atoms with Crippen molar-refractivity contribution in [2.45, 2.75) is 25.7 Å². The average molecular weight is 242 g/mol. The Morgan fingerprint density at radius 2 is 1.71 bits per heavy atom. The fourth-order valence-corrected chi connectivity index (χ4v) is 1.78. The summed E-state index contributed by atoms with van der Waals surface area (Å²) in [5, 5.41) is 3.11. The van der Waals surface area contributed by atoms with Gasteiger partial charge in [-0.05, 0) is 19.4 Å². The topological polar surface area (TPSA) is 46.2 Å². The first-order chi connectivity index (χ1) is 6.56. The molecule has 0 saturated heterocycles. The van der Waals surface area contributed by atoms with Crippen molar-refractivity contribution < 1.29 is 8.42 Å². The van der Waals surface area contributed by atoms with Gasteiger partial charge in [0.1, 0.15) is 9.84 Å². The summed E-state index contributed by atoms with van der Waals surface area (Å²) in [5.74, 6) is 0.968. The lowest BCUT2D eigenvalue weighted by Gasteiger charge is -2.03. The minimum absolute atomic E-state index is 0.231. The SMILES string of the molecule is CS(=O)(=O)CCNCCCCCCCl. The van der Waals surface area contributed by atoms with E-state index in [1.165, 1.54) is 12.7 Å². The van der Waals surface area contributed by atoms with E-state index >= 15 is 0 Å². The molecule has 0 aromatic heterocycles. The van der Waals surface area contributed by atoms with Crippen molar-refractivity contribution in [1.29, 1.82) is 0 Å². The van der Waals surface area contributed by atoms with Gasteiger partial charge in [-0.3, -0.25) is 0 Å². The van der Waals surface area contributed by atoms with E-state index in [1.54, 1.807) is 0 Å². The van der Waals surface area contributed by atoms with Crippen LogP contribution in [0.4, 0.5) is 0 Å². The second-order valence-electron chi connectivity index (χ2n) is 3.48. The summed E-state index contributed by atoms with van der Waals surface area (Å²) in [5.41, 5.74) is 0. The third-order valence-electron chi connectivity index (χ3n) is 1.89. The van der Waals surface area contributed by atoms with Crippen LogP contribution in [0.2, 0.25) is 0 Å². The highest BCUT2D eigenvalue weighted by Gasteiger charge is 1.99. The Morgan fingerprint density at radius 3 is 2.29 bits per heavy atom. The smallest absolute Gasteiger partial charge is 0.148 e. The molecule has 0 aliphatic heterocycles. The molecule has 0 rings (SSSR count). The molecule has 1 N–H and O–H groups in total. The molecule has 86 valence electrons. The lowest BCUT2D eigenvalue weighted by molar-refractivity contribution is 0.587. The Balaban J connectivity index is 3.07. The molecule has 0 bridgehead atoms. The Labute approximate surface area is 92.1 Å². The van der Waals surface area contributed by atoms with Crippen molar-refractivity contribution in [1.82, 2.24) is 5.32 Å². The van der Waals surface area contributed by atoms with E-state index in [-0.39, 0.29) is 5.75 Å². The Kier molecular flexibility index (Phi) is 8.63. The maximum absolute atomic E-state index is 10.8. The molecule has 0 radical (unpaired) electrons. The molecule has 0 aliphatic carbocycles. The maximum atomic E-state index is 10.8. The molecule has 0 unspecified atom stereocenters. The van der Waals surface area contributed by atoms with Crippen LogP contribution in [0.3, 0.4) is 0 Å². The van der Waals surface area contributed by atoms with Gasteiger partial charge in [0.25, 0.3) is 0 Å². The zero-order valence-corrected chi connectivity index (χ0v) is 10.3. The van der Waals surface area contributed by atoms with Gasteiger partial charge in [-0.15, -0.1) is 11.6 Å². The highest BCUT2D eigenvalue weighted by Crippen LogP contribution is 1.99. The molecule has 0 fully saturated rings. The lowest BCUT2D eigenvalue weighted by atomic mass is 10.2. The van der Waals surface area contributed by atoms with E-state index in [4.69, 9.17) is 11.6 Å². The minimum Gasteiger partial charge on any atom is -0.316 e. The number of alkyl halides is 1. The van der Waals surface area contributed by atoms with Gasteiger partial charge < -0.3 is 5.32 Å². The van der Waals surface area contributed by atoms with Crippen molar-refractivity contribution in [3.05, 3.63) is 0 Å². The summed E-state index contributed by atoms with van der Waals surface area (Å²) >= 11 is 5.53. The molecule has 0 heterocycles. The quantitative estimate of drug-likeness (QED) is 0.491. The predicted octanol–water partition coefficient (Wildman–Crippen LogP) is 1.42. The molecule has 0 aromatic carbocycles. The van der Waals surface area contributed by atoms with Crippen LogP contribution >= 0.6 is 11.6 Å². The number of nitrogens with one attached hydrogen (secondary N) is 1. The summed E-state index contributed by atoms with van der Waals surface area (Å²) in [6.45, 7) is 1.46. The van der Waals surface area contributed by atoms with Crippen molar-refractivity contribution in [3.63, 3.8) is 0 Å². The largest absolute Gasteiger partial charge is 0.316 e. The third kappa shape index (κ3) is 12.2. The standard InChI is InChI=1S/C9H20ClNO2S/c1-14(12,13)9-8-11-7-5-3-2-4-6-10/h11H,2-9H2,1H3. The van der Waals surface area contributed by atoms with Gasteiger partial charge in [0.15, 0.2) is 0 Å². The van der Waals surface area contributed by atoms with Crippen molar-refractivity contribution in [3.8, 4) is 0 Å². The number of hydrogen-bond donors (Lipinski definition) is 1. The van der Waals surface area contributed by atoms with Crippen LogP contribution in [0.5, 0.6) is 0 Å². The second-order valence-corrected chi connectivity index (χ2v) is 6.12. The maximum Gasteiger partial charge on any atom is 0.148 e. The van der Waals surface area contributed by atoms with Crippen molar-refractivity contribution in [2.75, 3.05) is 31.0 Å². The molecule has 0 atom stereocenters. The highest BCUT2D eigenvalue weighted by atomic mass is 35.5. The number of unbranched alkanes of at least 4 members (excludes halogenated alkanes) is 3. The van der Waals surface area contributed by atoms with E-state index in [0.29, 0.717) is 6.54 Å². The van der Waals surface area contributed by atoms with Crippen molar-refractivity contribution in [2.24, 2.45) is 0 Å². The zero-order valence-electron chi connectivity index (χ0n) is 8.76. The average Bonchev–Trinajstić information content (AvgIpc) is 2.08. The number of hydrogen-bond acceptors (Lipinski definition) is 3. The molecule has 3 nitrogen and oxygen atoms in total. The van der Waals surface area contributed by atoms with Gasteiger partial charge in [0.2, 0.25) is 0 Å². The Bertz CT molecular complexity index is 217. The van der Waals surface area contributed by atoms with Gasteiger partial charge in [-0.1, -0.05) is 12.8 Å². The van der Waals surface area contributed by atoms with Gasteiger partial charge in [0, 0.05) is 18.7 Å². The Hall–Kier alpha value is 0.200. The van der Waals surface area contributed by atoms with Gasteiger partial charge in [-0.25, -0.2) is 8.42 Å².